The molecule has 0 saturated carbocycles. The Morgan fingerprint density at radius 1 is 0.976 bits per heavy atom. The van der Waals surface area contributed by atoms with Gasteiger partial charge in [-0.2, -0.15) is 5.26 Å². The molecule has 0 spiro atoms. The molecule has 3 N–H and O–H groups in total. The third kappa shape index (κ3) is 7.37. The monoisotopic (exact) mass is 586 g/mol. The molecule has 0 saturated heterocycles. The van der Waals surface area contributed by atoms with Gasteiger partial charge in [0.25, 0.3) is 5.91 Å². The van der Waals surface area contributed by atoms with E-state index in [2.05, 4.69) is 22.0 Å². The predicted octanol–water partition coefficient (Wildman–Crippen LogP) is 6.22. The minimum absolute atomic E-state index is 0.0409. The fourth-order valence-corrected chi connectivity index (χ4v) is 5.29. The molecule has 208 valence electrons. The van der Waals surface area contributed by atoms with Gasteiger partial charge in [0.2, 0.25) is 5.91 Å². The van der Waals surface area contributed by atoms with Crippen molar-refractivity contribution < 1.29 is 19.1 Å². The number of amides is 2. The van der Waals surface area contributed by atoms with Gasteiger partial charge in [0, 0.05) is 27.7 Å². The van der Waals surface area contributed by atoms with Crippen LogP contribution >= 0.6 is 23.4 Å². The number of carbonyl (C=O) groups excluding carboxylic acids is 3. The number of allylic oxidation sites excluding steroid dienone is 2. The molecule has 3 aromatic rings. The molecule has 0 fully saturated rings. The Hall–Kier alpha value is -4.52. The number of nitrogens with zero attached hydrogens (tertiary/aromatic N) is 1. The molecule has 0 aromatic heterocycles. The van der Waals surface area contributed by atoms with E-state index in [1.807, 2.05) is 30.3 Å². The van der Waals surface area contributed by atoms with Crippen LogP contribution in [0.1, 0.15) is 35.7 Å². The highest BCUT2D eigenvalue weighted by molar-refractivity contribution is 8.03. The third-order valence-corrected chi connectivity index (χ3v) is 7.42. The Morgan fingerprint density at radius 2 is 1.61 bits per heavy atom. The lowest BCUT2D eigenvalue weighted by atomic mass is 9.82. The molecular weight excluding hydrogens is 560 g/mol. The number of halogens is 1. The van der Waals surface area contributed by atoms with Crippen molar-refractivity contribution in [3.63, 3.8) is 0 Å². The van der Waals surface area contributed by atoms with Crippen molar-refractivity contribution in [2.45, 2.75) is 19.8 Å². The fourth-order valence-electron chi connectivity index (χ4n) is 4.28. The molecule has 0 bridgehead atoms. The third-order valence-electron chi connectivity index (χ3n) is 6.15. The van der Waals surface area contributed by atoms with Crippen molar-refractivity contribution >= 4 is 52.5 Å². The van der Waals surface area contributed by atoms with Gasteiger partial charge >= 0.3 is 5.97 Å². The van der Waals surface area contributed by atoms with Crippen LogP contribution in [0.3, 0.4) is 0 Å². The minimum atomic E-state index is -0.664. The maximum Gasteiger partial charge on any atom is 0.338 e. The first-order valence-corrected chi connectivity index (χ1v) is 14.1. The van der Waals surface area contributed by atoms with Crippen molar-refractivity contribution in [1.82, 2.24) is 5.32 Å². The van der Waals surface area contributed by atoms with Gasteiger partial charge in [-0.1, -0.05) is 53.7 Å². The number of hydrogen-bond donors (Lipinski definition) is 3. The summed E-state index contributed by atoms with van der Waals surface area (Å²) in [7, 11) is 0. The molecule has 41 heavy (non-hydrogen) atoms. The molecule has 0 radical (unpaired) electrons. The number of rotatable bonds is 9. The van der Waals surface area contributed by atoms with Gasteiger partial charge in [-0.05, 0) is 67.9 Å². The number of esters is 1. The molecule has 10 heteroatoms. The molecule has 3 aromatic carbocycles. The van der Waals surface area contributed by atoms with Crippen LogP contribution in [0.15, 0.2) is 101 Å². The second-order valence-electron chi connectivity index (χ2n) is 8.96. The highest BCUT2D eigenvalue weighted by atomic mass is 35.5. The SMILES string of the molecule is CCOC(=O)c1ccc(NC(=O)C2=C(C)NC(SCC(=O)Nc3ccc(Cl)cc3)=C(C#N)[C@@H]2c2ccccc2)cc1. The number of thioether (sulfide) groups is 1. The second-order valence-corrected chi connectivity index (χ2v) is 10.4. The summed E-state index contributed by atoms with van der Waals surface area (Å²) in [6, 6.07) is 24.7. The normalized spacial score (nSPS) is 14.5. The Balaban J connectivity index is 1.57. The molecule has 2 amide bonds. The van der Waals surface area contributed by atoms with Gasteiger partial charge in [0.05, 0.1) is 40.5 Å². The lowest BCUT2D eigenvalue weighted by Crippen LogP contribution is -2.31. The molecule has 1 aliphatic heterocycles. The molecule has 1 aliphatic rings. The van der Waals surface area contributed by atoms with Crippen LogP contribution in [0, 0.1) is 11.3 Å². The van der Waals surface area contributed by atoms with E-state index in [1.165, 1.54) is 11.8 Å². The lowest BCUT2D eigenvalue weighted by molar-refractivity contribution is -0.114. The maximum atomic E-state index is 13.6. The summed E-state index contributed by atoms with van der Waals surface area (Å²) in [6.45, 7) is 3.76. The average molecular weight is 587 g/mol. The van der Waals surface area contributed by atoms with E-state index < -0.39 is 17.8 Å². The molecule has 8 nitrogen and oxygen atoms in total. The van der Waals surface area contributed by atoms with Gasteiger partial charge in [-0.15, -0.1) is 0 Å². The van der Waals surface area contributed by atoms with Crippen LogP contribution in [0.25, 0.3) is 0 Å². The summed E-state index contributed by atoms with van der Waals surface area (Å²) in [4.78, 5) is 38.2. The first-order valence-electron chi connectivity index (χ1n) is 12.7. The molecule has 0 unspecified atom stereocenters. The highest BCUT2D eigenvalue weighted by Crippen LogP contribution is 2.41. The van der Waals surface area contributed by atoms with Crippen molar-refractivity contribution in [2.75, 3.05) is 23.0 Å². The van der Waals surface area contributed by atoms with E-state index in [-0.39, 0.29) is 18.3 Å². The maximum absolute atomic E-state index is 13.6. The first-order chi connectivity index (χ1) is 19.8. The average Bonchev–Trinajstić information content (AvgIpc) is 2.97. The summed E-state index contributed by atoms with van der Waals surface area (Å²) < 4.78 is 5.01. The molecule has 4 rings (SSSR count). The van der Waals surface area contributed by atoms with Crippen LogP contribution in [0.4, 0.5) is 11.4 Å². The number of anilines is 2. The van der Waals surface area contributed by atoms with Crippen LogP contribution in [0.2, 0.25) is 5.02 Å². The number of ether oxygens (including phenoxy) is 1. The highest BCUT2D eigenvalue weighted by Gasteiger charge is 2.34. The van der Waals surface area contributed by atoms with E-state index in [0.717, 1.165) is 5.56 Å². The molecule has 1 heterocycles. The zero-order chi connectivity index (χ0) is 29.4. The van der Waals surface area contributed by atoms with E-state index in [1.54, 1.807) is 62.4 Å². The zero-order valence-corrected chi connectivity index (χ0v) is 23.9. The van der Waals surface area contributed by atoms with Crippen molar-refractivity contribution in [1.29, 1.82) is 5.26 Å². The van der Waals surface area contributed by atoms with Crippen molar-refractivity contribution in [3.05, 3.63) is 117 Å². The molecular formula is C31H27ClN4O4S. The number of carbonyl (C=O) groups is 3. The van der Waals surface area contributed by atoms with E-state index in [0.29, 0.717) is 43.8 Å². The topological polar surface area (TPSA) is 120 Å². The van der Waals surface area contributed by atoms with Crippen LogP contribution in [0.5, 0.6) is 0 Å². The second kappa shape index (κ2) is 13.7. The predicted molar refractivity (Wildman–Crippen MR) is 161 cm³/mol. The summed E-state index contributed by atoms with van der Waals surface area (Å²) in [5.74, 6) is -1.72. The number of benzene rings is 3. The summed E-state index contributed by atoms with van der Waals surface area (Å²) in [5, 5.41) is 20.2. The Kier molecular flexibility index (Phi) is 9.85. The van der Waals surface area contributed by atoms with Crippen LogP contribution in [-0.4, -0.2) is 30.1 Å². The van der Waals surface area contributed by atoms with Crippen LogP contribution < -0.4 is 16.0 Å². The zero-order valence-electron chi connectivity index (χ0n) is 22.4. The Bertz CT molecular complexity index is 1550. The number of nitriles is 1. The summed E-state index contributed by atoms with van der Waals surface area (Å²) in [5.41, 5.74) is 3.48. The summed E-state index contributed by atoms with van der Waals surface area (Å²) in [6.07, 6.45) is 0. The van der Waals surface area contributed by atoms with E-state index in [4.69, 9.17) is 16.3 Å². The van der Waals surface area contributed by atoms with E-state index >= 15 is 0 Å². The fraction of sp³-hybridized carbons (Fsp3) is 0.161. The Labute approximate surface area is 247 Å². The Morgan fingerprint density at radius 3 is 2.24 bits per heavy atom. The van der Waals surface area contributed by atoms with Gasteiger partial charge in [0.1, 0.15) is 0 Å². The number of dihydropyridines is 1. The molecule has 1 atom stereocenters. The molecule has 0 aliphatic carbocycles. The van der Waals surface area contributed by atoms with Gasteiger partial charge < -0.3 is 20.7 Å². The van der Waals surface area contributed by atoms with Crippen molar-refractivity contribution in [3.8, 4) is 6.07 Å². The van der Waals surface area contributed by atoms with E-state index in [9.17, 15) is 19.6 Å². The van der Waals surface area contributed by atoms with Gasteiger partial charge in [0.15, 0.2) is 0 Å². The smallest absolute Gasteiger partial charge is 0.338 e. The van der Waals surface area contributed by atoms with Crippen molar-refractivity contribution in [2.24, 2.45) is 0 Å². The van der Waals surface area contributed by atoms with Gasteiger partial charge in [-0.3, -0.25) is 9.59 Å². The standard InChI is InChI=1S/C31H27ClN4O4S/c1-3-40-31(39)21-9-13-24(14-10-21)36-29(38)27-19(2)34-30(25(17-33)28(27)20-7-5-4-6-8-20)41-18-26(37)35-23-15-11-22(32)12-16-23/h4-16,28,34H,3,18H2,1-2H3,(H,35,37)(H,36,38)/t28-/m0/s1. The number of hydrogen-bond acceptors (Lipinski definition) is 7. The lowest BCUT2D eigenvalue weighted by Gasteiger charge is -2.30. The first kappa shape index (κ1) is 29.5. The minimum Gasteiger partial charge on any atom is -0.462 e. The number of nitrogens with one attached hydrogen (secondary N) is 3. The van der Waals surface area contributed by atoms with Gasteiger partial charge in [-0.25, -0.2) is 4.79 Å². The quantitative estimate of drug-likeness (QED) is 0.254. The van der Waals surface area contributed by atoms with Crippen LogP contribution in [-0.2, 0) is 14.3 Å². The largest absolute Gasteiger partial charge is 0.462 e. The summed E-state index contributed by atoms with van der Waals surface area (Å²) >= 11 is 7.10.